The van der Waals surface area contributed by atoms with Gasteiger partial charge >= 0.3 is 0 Å². The number of aryl methyl sites for hydroxylation is 1. The fourth-order valence-electron chi connectivity index (χ4n) is 3.82. The van der Waals surface area contributed by atoms with Gasteiger partial charge in [-0.25, -0.2) is 0 Å². The number of halogens is 1. The second kappa shape index (κ2) is 9.63. The van der Waals surface area contributed by atoms with E-state index in [9.17, 15) is 9.59 Å². The molecule has 2 heterocycles. The number of benzene rings is 2. The van der Waals surface area contributed by atoms with Crippen molar-refractivity contribution in [1.29, 1.82) is 0 Å². The first-order valence-corrected chi connectivity index (χ1v) is 11.0. The summed E-state index contributed by atoms with van der Waals surface area (Å²) in [7, 11) is 0. The summed E-state index contributed by atoms with van der Waals surface area (Å²) in [5.74, 6) is -0.363. The van der Waals surface area contributed by atoms with Crippen LogP contribution in [0.4, 0.5) is 11.4 Å². The quantitative estimate of drug-likeness (QED) is 0.598. The SMILES string of the molecule is CCN(CC(=O)Nc1ccc(N2CCOCC2)cc1)C(=O)c1oc2ccc(Cl)cc2c1C. The van der Waals surface area contributed by atoms with Crippen LogP contribution in [0, 0.1) is 6.92 Å². The minimum absolute atomic E-state index is 0.0716. The molecule has 1 fully saturated rings. The van der Waals surface area contributed by atoms with Gasteiger partial charge in [-0.15, -0.1) is 0 Å². The molecule has 0 saturated carbocycles. The second-order valence-corrected chi connectivity index (χ2v) is 8.15. The van der Waals surface area contributed by atoms with Crippen molar-refractivity contribution in [2.45, 2.75) is 13.8 Å². The number of likely N-dealkylation sites (N-methyl/N-ethyl adjacent to an activating group) is 1. The van der Waals surface area contributed by atoms with Gasteiger partial charge in [0, 0.05) is 47.0 Å². The third-order valence-corrected chi connectivity index (χ3v) is 5.86. The fourth-order valence-corrected chi connectivity index (χ4v) is 3.99. The summed E-state index contributed by atoms with van der Waals surface area (Å²) < 4.78 is 11.2. The van der Waals surface area contributed by atoms with Crippen molar-refractivity contribution in [2.75, 3.05) is 49.6 Å². The van der Waals surface area contributed by atoms with Crippen LogP contribution >= 0.6 is 11.6 Å². The summed E-state index contributed by atoms with van der Waals surface area (Å²) in [5.41, 5.74) is 3.09. The lowest BCUT2D eigenvalue weighted by Crippen LogP contribution is -2.38. The van der Waals surface area contributed by atoms with Crippen molar-refractivity contribution in [3.05, 3.63) is 58.8 Å². The Hall–Kier alpha value is -3.03. The number of ether oxygens (including phenoxy) is 1. The fraction of sp³-hybridized carbons (Fsp3) is 0.333. The highest BCUT2D eigenvalue weighted by Gasteiger charge is 2.24. The van der Waals surface area contributed by atoms with Crippen LogP contribution in [0.2, 0.25) is 5.02 Å². The van der Waals surface area contributed by atoms with Crippen LogP contribution in [0.15, 0.2) is 46.9 Å². The van der Waals surface area contributed by atoms with Crippen LogP contribution in [0.25, 0.3) is 11.0 Å². The summed E-state index contributed by atoms with van der Waals surface area (Å²) in [6, 6.07) is 12.9. The molecule has 1 aromatic heterocycles. The summed E-state index contributed by atoms with van der Waals surface area (Å²) in [6.45, 7) is 7.10. The number of amides is 2. The number of anilines is 2. The monoisotopic (exact) mass is 455 g/mol. The maximum atomic E-state index is 13.1. The first-order chi connectivity index (χ1) is 15.5. The van der Waals surface area contributed by atoms with E-state index in [2.05, 4.69) is 10.2 Å². The summed E-state index contributed by atoms with van der Waals surface area (Å²) >= 11 is 6.07. The zero-order chi connectivity index (χ0) is 22.7. The highest BCUT2D eigenvalue weighted by molar-refractivity contribution is 6.31. The van der Waals surface area contributed by atoms with E-state index in [1.165, 1.54) is 4.90 Å². The molecule has 7 nitrogen and oxygen atoms in total. The van der Waals surface area contributed by atoms with E-state index >= 15 is 0 Å². The third kappa shape index (κ3) is 4.74. The number of nitrogens with zero attached hydrogens (tertiary/aromatic N) is 2. The Balaban J connectivity index is 1.41. The lowest BCUT2D eigenvalue weighted by molar-refractivity contribution is -0.116. The van der Waals surface area contributed by atoms with Gasteiger partial charge in [0.1, 0.15) is 12.1 Å². The van der Waals surface area contributed by atoms with E-state index in [0.717, 1.165) is 37.4 Å². The zero-order valence-corrected chi connectivity index (χ0v) is 18.9. The molecule has 2 amide bonds. The van der Waals surface area contributed by atoms with Crippen LogP contribution in [-0.2, 0) is 9.53 Å². The molecule has 32 heavy (non-hydrogen) atoms. The molecule has 3 aromatic rings. The van der Waals surface area contributed by atoms with Gasteiger partial charge in [0.25, 0.3) is 5.91 Å². The van der Waals surface area contributed by atoms with E-state index < -0.39 is 0 Å². The Morgan fingerprint density at radius 2 is 1.84 bits per heavy atom. The number of hydrogen-bond acceptors (Lipinski definition) is 5. The summed E-state index contributed by atoms with van der Waals surface area (Å²) in [6.07, 6.45) is 0. The van der Waals surface area contributed by atoms with Gasteiger partial charge in [-0.1, -0.05) is 11.6 Å². The minimum Gasteiger partial charge on any atom is -0.451 e. The molecule has 1 aliphatic heterocycles. The molecule has 168 valence electrons. The zero-order valence-electron chi connectivity index (χ0n) is 18.2. The molecule has 4 rings (SSSR count). The summed E-state index contributed by atoms with van der Waals surface area (Å²) in [4.78, 5) is 29.4. The van der Waals surface area contributed by atoms with Crippen molar-refractivity contribution in [2.24, 2.45) is 0 Å². The van der Waals surface area contributed by atoms with E-state index in [4.69, 9.17) is 20.8 Å². The predicted octanol–water partition coefficient (Wildman–Crippen LogP) is 4.33. The first-order valence-electron chi connectivity index (χ1n) is 10.7. The van der Waals surface area contributed by atoms with Crippen LogP contribution in [0.1, 0.15) is 23.0 Å². The van der Waals surface area contributed by atoms with Gasteiger partial charge in [-0.3, -0.25) is 9.59 Å². The predicted molar refractivity (Wildman–Crippen MR) is 126 cm³/mol. The number of furan rings is 1. The lowest BCUT2D eigenvalue weighted by atomic mass is 10.1. The molecule has 8 heteroatoms. The normalized spacial score (nSPS) is 13.9. The Bertz CT molecular complexity index is 1120. The van der Waals surface area contributed by atoms with Crippen molar-refractivity contribution in [3.8, 4) is 0 Å². The molecular weight excluding hydrogens is 430 g/mol. The van der Waals surface area contributed by atoms with Gasteiger partial charge in [0.2, 0.25) is 5.91 Å². The highest BCUT2D eigenvalue weighted by Crippen LogP contribution is 2.28. The molecule has 0 aliphatic carbocycles. The Labute approximate surface area is 191 Å². The molecule has 0 radical (unpaired) electrons. The molecule has 0 unspecified atom stereocenters. The van der Waals surface area contributed by atoms with Crippen molar-refractivity contribution < 1.29 is 18.7 Å². The van der Waals surface area contributed by atoms with E-state index in [0.29, 0.717) is 28.4 Å². The van der Waals surface area contributed by atoms with Crippen LogP contribution < -0.4 is 10.2 Å². The summed E-state index contributed by atoms with van der Waals surface area (Å²) in [5, 5.41) is 4.24. The standard InChI is InChI=1S/C24H26ClN3O4/c1-3-27(24(30)23-16(2)20-14-17(25)4-9-21(20)32-23)15-22(29)26-18-5-7-19(8-6-18)28-10-12-31-13-11-28/h4-9,14H,3,10-13,15H2,1-2H3,(H,26,29). The molecule has 0 atom stereocenters. The van der Waals surface area contributed by atoms with Crippen LogP contribution in [0.3, 0.4) is 0 Å². The molecule has 0 spiro atoms. The Morgan fingerprint density at radius 1 is 1.12 bits per heavy atom. The minimum atomic E-state index is -0.324. The Morgan fingerprint density at radius 3 is 2.53 bits per heavy atom. The maximum absolute atomic E-state index is 13.1. The number of carbonyl (C=O) groups is 2. The number of fused-ring (bicyclic) bond motifs is 1. The number of hydrogen-bond donors (Lipinski definition) is 1. The van der Waals surface area contributed by atoms with Crippen LogP contribution in [-0.4, -0.2) is 56.1 Å². The molecular formula is C24H26ClN3O4. The highest BCUT2D eigenvalue weighted by atomic mass is 35.5. The topological polar surface area (TPSA) is 75.0 Å². The number of nitrogens with one attached hydrogen (secondary N) is 1. The van der Waals surface area contributed by atoms with Crippen molar-refractivity contribution >= 4 is 45.8 Å². The first kappa shape index (κ1) is 22.2. The molecule has 1 saturated heterocycles. The van der Waals surface area contributed by atoms with Gasteiger partial charge in [-0.2, -0.15) is 0 Å². The molecule has 1 aliphatic rings. The van der Waals surface area contributed by atoms with Gasteiger partial charge in [0.05, 0.1) is 13.2 Å². The Kier molecular flexibility index (Phi) is 6.67. The van der Waals surface area contributed by atoms with E-state index in [-0.39, 0.29) is 24.1 Å². The lowest BCUT2D eigenvalue weighted by Gasteiger charge is -2.29. The molecule has 2 aromatic carbocycles. The van der Waals surface area contributed by atoms with E-state index in [1.807, 2.05) is 38.1 Å². The third-order valence-electron chi connectivity index (χ3n) is 5.62. The van der Waals surface area contributed by atoms with Gasteiger partial charge in [0.15, 0.2) is 5.76 Å². The average Bonchev–Trinajstić information content (AvgIpc) is 3.14. The van der Waals surface area contributed by atoms with E-state index in [1.54, 1.807) is 18.2 Å². The van der Waals surface area contributed by atoms with Crippen molar-refractivity contribution in [1.82, 2.24) is 4.90 Å². The number of carbonyl (C=O) groups excluding carboxylic acids is 2. The maximum Gasteiger partial charge on any atom is 0.290 e. The molecule has 1 N–H and O–H groups in total. The number of rotatable bonds is 6. The largest absolute Gasteiger partial charge is 0.451 e. The van der Waals surface area contributed by atoms with Gasteiger partial charge in [-0.05, 0) is 56.3 Å². The van der Waals surface area contributed by atoms with Crippen molar-refractivity contribution in [3.63, 3.8) is 0 Å². The number of morpholine rings is 1. The average molecular weight is 456 g/mol. The second-order valence-electron chi connectivity index (χ2n) is 7.71. The smallest absolute Gasteiger partial charge is 0.290 e. The van der Waals surface area contributed by atoms with Crippen LogP contribution in [0.5, 0.6) is 0 Å². The van der Waals surface area contributed by atoms with Gasteiger partial charge < -0.3 is 24.3 Å². The molecule has 0 bridgehead atoms.